The molecule has 1 atom stereocenters. The fourth-order valence-corrected chi connectivity index (χ4v) is 4.23. The maximum Gasteiger partial charge on any atom is 0.254 e. The predicted molar refractivity (Wildman–Crippen MR) is 116 cm³/mol. The van der Waals surface area contributed by atoms with Crippen molar-refractivity contribution in [1.82, 2.24) is 15.1 Å². The number of methoxy groups -OCH3 is 1. The summed E-state index contributed by atoms with van der Waals surface area (Å²) in [5, 5.41) is 12.3. The lowest BCUT2D eigenvalue weighted by Crippen LogP contribution is -2.43. The fraction of sp³-hybridized carbons (Fsp3) is 0.273. The van der Waals surface area contributed by atoms with Gasteiger partial charge in [0.2, 0.25) is 11.0 Å². The van der Waals surface area contributed by atoms with Crippen molar-refractivity contribution < 1.29 is 14.3 Å². The molecule has 1 aromatic heterocycles. The molecule has 1 aliphatic heterocycles. The van der Waals surface area contributed by atoms with Crippen LogP contribution in [0, 0.1) is 6.92 Å². The van der Waals surface area contributed by atoms with E-state index in [9.17, 15) is 9.59 Å². The largest absolute Gasteiger partial charge is 0.497 e. The Morgan fingerprint density at radius 1 is 1.17 bits per heavy atom. The molecule has 2 heterocycles. The van der Waals surface area contributed by atoms with E-state index in [4.69, 9.17) is 4.74 Å². The Labute approximate surface area is 178 Å². The van der Waals surface area contributed by atoms with Crippen LogP contribution in [0.15, 0.2) is 48.5 Å². The molecular weight excluding hydrogens is 400 g/mol. The first-order chi connectivity index (χ1) is 14.5. The van der Waals surface area contributed by atoms with Gasteiger partial charge in [-0.3, -0.25) is 14.9 Å². The zero-order valence-electron chi connectivity index (χ0n) is 16.8. The van der Waals surface area contributed by atoms with E-state index in [2.05, 4.69) is 15.5 Å². The topological polar surface area (TPSA) is 84.4 Å². The van der Waals surface area contributed by atoms with Crippen LogP contribution >= 0.6 is 11.3 Å². The van der Waals surface area contributed by atoms with Crippen molar-refractivity contribution in [1.29, 1.82) is 0 Å². The molecule has 1 saturated heterocycles. The smallest absolute Gasteiger partial charge is 0.254 e. The van der Waals surface area contributed by atoms with Crippen LogP contribution < -0.4 is 10.1 Å². The molecule has 1 unspecified atom stereocenters. The first-order valence-electron chi connectivity index (χ1n) is 9.71. The van der Waals surface area contributed by atoms with Gasteiger partial charge in [-0.15, -0.1) is 10.2 Å². The number of hydrogen-bond acceptors (Lipinski definition) is 6. The lowest BCUT2D eigenvalue weighted by molar-refractivity contribution is -0.119. The number of ether oxygens (including phenoxy) is 1. The van der Waals surface area contributed by atoms with Gasteiger partial charge in [0, 0.05) is 17.7 Å². The zero-order chi connectivity index (χ0) is 21.1. The quantitative estimate of drug-likeness (QED) is 0.677. The van der Waals surface area contributed by atoms with Crippen molar-refractivity contribution in [3.8, 4) is 16.3 Å². The second-order valence-electron chi connectivity index (χ2n) is 7.16. The summed E-state index contributed by atoms with van der Waals surface area (Å²) in [5.74, 6) is 0.193. The van der Waals surface area contributed by atoms with Gasteiger partial charge in [-0.05, 0) is 38.0 Å². The molecule has 2 aromatic carbocycles. The molecule has 1 N–H and O–H groups in total. The highest BCUT2D eigenvalue weighted by Gasteiger charge is 2.35. The summed E-state index contributed by atoms with van der Waals surface area (Å²) in [7, 11) is 1.56. The summed E-state index contributed by atoms with van der Waals surface area (Å²) in [4.78, 5) is 27.5. The minimum Gasteiger partial charge on any atom is -0.497 e. The molecule has 4 rings (SSSR count). The van der Waals surface area contributed by atoms with Crippen molar-refractivity contribution in [3.05, 3.63) is 59.7 Å². The molecule has 0 radical (unpaired) electrons. The second kappa shape index (κ2) is 8.62. The van der Waals surface area contributed by atoms with Crippen LogP contribution in [-0.4, -0.2) is 46.6 Å². The lowest BCUT2D eigenvalue weighted by Gasteiger charge is -2.23. The Bertz CT molecular complexity index is 1060. The second-order valence-corrected chi connectivity index (χ2v) is 8.13. The number of rotatable bonds is 5. The van der Waals surface area contributed by atoms with Gasteiger partial charge in [-0.25, -0.2) is 0 Å². The number of nitrogens with one attached hydrogen (secondary N) is 1. The molecule has 0 spiro atoms. The van der Waals surface area contributed by atoms with Gasteiger partial charge in [-0.2, -0.15) is 0 Å². The summed E-state index contributed by atoms with van der Waals surface area (Å²) < 4.78 is 5.20. The number of likely N-dealkylation sites (tertiary alicyclic amines) is 1. The van der Waals surface area contributed by atoms with Crippen LogP contribution in [0.1, 0.15) is 28.8 Å². The average Bonchev–Trinajstić information content (AvgIpc) is 3.43. The third-order valence-corrected chi connectivity index (χ3v) is 5.97. The summed E-state index contributed by atoms with van der Waals surface area (Å²) in [6.45, 7) is 2.56. The molecule has 1 aliphatic rings. The number of amides is 2. The average molecular weight is 423 g/mol. The van der Waals surface area contributed by atoms with E-state index in [0.717, 1.165) is 17.0 Å². The number of hydrogen-bond donors (Lipinski definition) is 1. The molecular formula is C22H22N4O3S. The molecule has 1 fully saturated rings. The molecule has 7 nitrogen and oxygen atoms in total. The van der Waals surface area contributed by atoms with E-state index in [1.54, 1.807) is 36.3 Å². The van der Waals surface area contributed by atoms with Crippen LogP contribution in [0.5, 0.6) is 5.75 Å². The molecule has 2 amide bonds. The normalized spacial score (nSPS) is 15.8. The highest BCUT2D eigenvalue weighted by atomic mass is 32.1. The van der Waals surface area contributed by atoms with Crippen LogP contribution in [-0.2, 0) is 4.79 Å². The number of anilines is 1. The monoisotopic (exact) mass is 422 g/mol. The lowest BCUT2D eigenvalue weighted by atomic mass is 10.1. The van der Waals surface area contributed by atoms with Gasteiger partial charge in [0.15, 0.2) is 0 Å². The van der Waals surface area contributed by atoms with Gasteiger partial charge in [0.1, 0.15) is 16.8 Å². The van der Waals surface area contributed by atoms with E-state index in [-0.39, 0.29) is 11.8 Å². The summed E-state index contributed by atoms with van der Waals surface area (Å²) in [5.41, 5.74) is 2.62. The Kier molecular flexibility index (Phi) is 5.76. The Morgan fingerprint density at radius 3 is 2.73 bits per heavy atom. The third-order valence-electron chi connectivity index (χ3n) is 5.09. The minimum atomic E-state index is -0.532. The Morgan fingerprint density at radius 2 is 1.97 bits per heavy atom. The third kappa shape index (κ3) is 4.18. The molecule has 30 heavy (non-hydrogen) atoms. The summed E-state index contributed by atoms with van der Waals surface area (Å²) >= 11 is 1.32. The van der Waals surface area contributed by atoms with Gasteiger partial charge < -0.3 is 9.64 Å². The van der Waals surface area contributed by atoms with Gasteiger partial charge in [-0.1, -0.05) is 47.2 Å². The molecule has 0 aliphatic carbocycles. The van der Waals surface area contributed by atoms with Crippen molar-refractivity contribution in [3.63, 3.8) is 0 Å². The fourth-order valence-electron chi connectivity index (χ4n) is 3.48. The van der Waals surface area contributed by atoms with Gasteiger partial charge in [0.05, 0.1) is 7.11 Å². The number of aryl methyl sites for hydroxylation is 1. The maximum absolute atomic E-state index is 13.0. The van der Waals surface area contributed by atoms with E-state index >= 15 is 0 Å². The molecule has 154 valence electrons. The van der Waals surface area contributed by atoms with Crippen molar-refractivity contribution in [2.24, 2.45) is 0 Å². The Hall–Kier alpha value is -3.26. The molecule has 0 saturated carbocycles. The highest BCUT2D eigenvalue weighted by Crippen LogP contribution is 2.28. The van der Waals surface area contributed by atoms with E-state index in [0.29, 0.717) is 29.4 Å². The number of carbonyl (C=O) groups excluding carboxylic acids is 2. The number of benzene rings is 2. The first kappa shape index (κ1) is 20.0. The summed E-state index contributed by atoms with van der Waals surface area (Å²) in [6.07, 6.45) is 1.39. The molecule has 0 bridgehead atoms. The number of nitrogens with zero attached hydrogens (tertiary/aromatic N) is 3. The van der Waals surface area contributed by atoms with Crippen LogP contribution in [0.4, 0.5) is 5.13 Å². The first-order valence-corrected chi connectivity index (χ1v) is 10.5. The van der Waals surface area contributed by atoms with Crippen LogP contribution in [0.3, 0.4) is 0 Å². The van der Waals surface area contributed by atoms with Crippen LogP contribution in [0.25, 0.3) is 10.6 Å². The van der Waals surface area contributed by atoms with Crippen LogP contribution in [0.2, 0.25) is 0 Å². The number of carbonyl (C=O) groups is 2. The minimum absolute atomic E-state index is 0.177. The standard InChI is InChI=1S/C22H22N4O3S/c1-14-8-10-15(11-9-14)20-24-25-22(30-20)23-19(27)18-7-4-12-26(18)21(28)16-5-3-6-17(13-16)29-2/h3,5-6,8-11,13,18H,4,7,12H2,1-2H3,(H,23,25,27). The van der Waals surface area contributed by atoms with E-state index < -0.39 is 6.04 Å². The van der Waals surface area contributed by atoms with E-state index in [1.165, 1.54) is 16.9 Å². The molecule has 3 aromatic rings. The van der Waals surface area contributed by atoms with Crippen molar-refractivity contribution in [2.45, 2.75) is 25.8 Å². The maximum atomic E-state index is 13.0. The molecule has 8 heteroatoms. The highest BCUT2D eigenvalue weighted by molar-refractivity contribution is 7.18. The predicted octanol–water partition coefficient (Wildman–Crippen LogP) is 3.77. The Balaban J connectivity index is 1.46. The van der Waals surface area contributed by atoms with Gasteiger partial charge >= 0.3 is 0 Å². The van der Waals surface area contributed by atoms with Crippen molar-refractivity contribution in [2.75, 3.05) is 19.0 Å². The number of aromatic nitrogens is 2. The SMILES string of the molecule is COc1cccc(C(=O)N2CCCC2C(=O)Nc2nnc(-c3ccc(C)cc3)s2)c1. The zero-order valence-corrected chi connectivity index (χ0v) is 17.6. The van der Waals surface area contributed by atoms with Crippen molar-refractivity contribution >= 4 is 28.3 Å². The van der Waals surface area contributed by atoms with E-state index in [1.807, 2.05) is 31.2 Å². The summed E-state index contributed by atoms with van der Waals surface area (Å²) in [6, 6.07) is 14.4. The van der Waals surface area contributed by atoms with Gasteiger partial charge in [0.25, 0.3) is 5.91 Å².